The lowest BCUT2D eigenvalue weighted by atomic mass is 9.92. The number of hydrogen-bond donors (Lipinski definition) is 0. The van der Waals surface area contributed by atoms with Crippen molar-refractivity contribution in [2.75, 3.05) is 0 Å². The van der Waals surface area contributed by atoms with Crippen LogP contribution in [0.3, 0.4) is 0 Å². The van der Waals surface area contributed by atoms with Crippen LogP contribution in [0.2, 0.25) is 0 Å². The Balaban J connectivity index is 3.27. The third kappa shape index (κ3) is 2.74. The fourth-order valence-corrected chi connectivity index (χ4v) is 1.57. The molecule has 1 aromatic rings. The molecular formula is C12H15F3. The summed E-state index contributed by atoms with van der Waals surface area (Å²) in [6.07, 6.45) is -3.53. The predicted molar refractivity (Wildman–Crippen MR) is 54.9 cm³/mol. The molecule has 0 spiro atoms. The molecule has 0 aliphatic heterocycles. The van der Waals surface area contributed by atoms with Gasteiger partial charge in [-0.15, -0.1) is 0 Å². The summed E-state index contributed by atoms with van der Waals surface area (Å²) in [6, 6.07) is 4.55. The third-order valence-corrected chi connectivity index (χ3v) is 2.66. The van der Waals surface area contributed by atoms with E-state index >= 15 is 0 Å². The molecule has 84 valence electrons. The monoisotopic (exact) mass is 216 g/mol. The SMILES string of the molecule is CCC(C)c1ccc(C)cc1C(F)(F)F. The van der Waals surface area contributed by atoms with Crippen molar-refractivity contribution < 1.29 is 13.2 Å². The number of aryl methyl sites for hydroxylation is 1. The van der Waals surface area contributed by atoms with Crippen LogP contribution in [-0.4, -0.2) is 0 Å². The van der Waals surface area contributed by atoms with Gasteiger partial charge in [0.15, 0.2) is 0 Å². The van der Waals surface area contributed by atoms with Gasteiger partial charge >= 0.3 is 6.18 Å². The fourth-order valence-electron chi connectivity index (χ4n) is 1.57. The Morgan fingerprint density at radius 3 is 2.33 bits per heavy atom. The first-order valence-electron chi connectivity index (χ1n) is 5.04. The summed E-state index contributed by atoms with van der Waals surface area (Å²) in [5, 5.41) is 0. The molecule has 1 rings (SSSR count). The van der Waals surface area contributed by atoms with Crippen LogP contribution in [0.4, 0.5) is 13.2 Å². The molecule has 0 aromatic heterocycles. The van der Waals surface area contributed by atoms with E-state index in [1.807, 2.05) is 13.8 Å². The van der Waals surface area contributed by atoms with E-state index < -0.39 is 11.7 Å². The zero-order valence-corrected chi connectivity index (χ0v) is 9.15. The maximum absolute atomic E-state index is 12.7. The van der Waals surface area contributed by atoms with Gasteiger partial charge in [-0.3, -0.25) is 0 Å². The zero-order valence-electron chi connectivity index (χ0n) is 9.15. The van der Waals surface area contributed by atoms with Crippen molar-refractivity contribution in [1.82, 2.24) is 0 Å². The van der Waals surface area contributed by atoms with E-state index in [4.69, 9.17) is 0 Å². The normalized spacial score (nSPS) is 14.0. The molecule has 0 amide bonds. The Hall–Kier alpha value is -0.990. The van der Waals surface area contributed by atoms with Crippen molar-refractivity contribution in [3.05, 3.63) is 34.9 Å². The highest BCUT2D eigenvalue weighted by molar-refractivity contribution is 5.35. The van der Waals surface area contributed by atoms with Gasteiger partial charge in [0, 0.05) is 0 Å². The van der Waals surface area contributed by atoms with Crippen LogP contribution < -0.4 is 0 Å². The van der Waals surface area contributed by atoms with E-state index in [1.54, 1.807) is 19.1 Å². The molecule has 0 N–H and O–H groups in total. The molecule has 0 bridgehead atoms. The molecular weight excluding hydrogens is 201 g/mol. The van der Waals surface area contributed by atoms with Gasteiger partial charge in [-0.25, -0.2) is 0 Å². The van der Waals surface area contributed by atoms with Gasteiger partial charge in [0.2, 0.25) is 0 Å². The highest BCUT2D eigenvalue weighted by Crippen LogP contribution is 2.36. The molecule has 0 fully saturated rings. The molecule has 0 nitrogen and oxygen atoms in total. The Kier molecular flexibility index (Phi) is 3.42. The van der Waals surface area contributed by atoms with E-state index in [9.17, 15) is 13.2 Å². The molecule has 0 aliphatic rings. The molecule has 15 heavy (non-hydrogen) atoms. The minimum Gasteiger partial charge on any atom is -0.166 e. The minimum atomic E-state index is -4.25. The maximum Gasteiger partial charge on any atom is 0.416 e. The van der Waals surface area contributed by atoms with Crippen LogP contribution in [0.1, 0.15) is 42.9 Å². The first kappa shape index (κ1) is 12.1. The molecule has 0 radical (unpaired) electrons. The second-order valence-corrected chi connectivity index (χ2v) is 3.90. The summed E-state index contributed by atoms with van der Waals surface area (Å²) in [4.78, 5) is 0. The molecule has 0 saturated heterocycles. The number of alkyl halides is 3. The van der Waals surface area contributed by atoms with Crippen LogP contribution in [0.5, 0.6) is 0 Å². The van der Waals surface area contributed by atoms with Crippen molar-refractivity contribution >= 4 is 0 Å². The third-order valence-electron chi connectivity index (χ3n) is 2.66. The molecule has 3 heteroatoms. The van der Waals surface area contributed by atoms with Gasteiger partial charge in [0.05, 0.1) is 5.56 Å². The van der Waals surface area contributed by atoms with Crippen LogP contribution in [0.25, 0.3) is 0 Å². The Labute approximate surface area is 88.1 Å². The summed E-state index contributed by atoms with van der Waals surface area (Å²) in [5.74, 6) is -0.0535. The van der Waals surface area contributed by atoms with E-state index in [1.165, 1.54) is 6.07 Å². The van der Waals surface area contributed by atoms with E-state index in [0.717, 1.165) is 0 Å². The molecule has 0 aliphatic carbocycles. The largest absolute Gasteiger partial charge is 0.416 e. The highest BCUT2D eigenvalue weighted by Gasteiger charge is 2.34. The average molecular weight is 216 g/mol. The Bertz CT molecular complexity index is 339. The summed E-state index contributed by atoms with van der Waals surface area (Å²) in [5.41, 5.74) is 0.557. The van der Waals surface area contributed by atoms with Crippen LogP contribution >= 0.6 is 0 Å². The second-order valence-electron chi connectivity index (χ2n) is 3.90. The fraction of sp³-hybridized carbons (Fsp3) is 0.500. The van der Waals surface area contributed by atoms with Crippen LogP contribution in [-0.2, 0) is 6.18 Å². The number of hydrogen-bond acceptors (Lipinski definition) is 0. The highest BCUT2D eigenvalue weighted by atomic mass is 19.4. The predicted octanol–water partition coefficient (Wildman–Crippen LogP) is 4.53. The van der Waals surface area contributed by atoms with Gasteiger partial charge in [0.1, 0.15) is 0 Å². The zero-order chi connectivity index (χ0) is 11.6. The summed E-state index contributed by atoms with van der Waals surface area (Å²) < 4.78 is 38.2. The molecule has 0 saturated carbocycles. The van der Waals surface area contributed by atoms with Crippen LogP contribution in [0, 0.1) is 6.92 Å². The van der Waals surface area contributed by atoms with E-state index in [0.29, 0.717) is 17.5 Å². The molecule has 1 atom stereocenters. The van der Waals surface area contributed by atoms with E-state index in [2.05, 4.69) is 0 Å². The van der Waals surface area contributed by atoms with Crippen LogP contribution in [0.15, 0.2) is 18.2 Å². The van der Waals surface area contributed by atoms with Crippen molar-refractivity contribution in [2.24, 2.45) is 0 Å². The topological polar surface area (TPSA) is 0 Å². The lowest BCUT2D eigenvalue weighted by molar-refractivity contribution is -0.138. The van der Waals surface area contributed by atoms with Crippen molar-refractivity contribution in [2.45, 2.75) is 39.3 Å². The quantitative estimate of drug-likeness (QED) is 0.681. The second kappa shape index (κ2) is 4.25. The summed E-state index contributed by atoms with van der Waals surface area (Å²) >= 11 is 0. The Morgan fingerprint density at radius 1 is 1.27 bits per heavy atom. The van der Waals surface area contributed by atoms with Crippen molar-refractivity contribution in [1.29, 1.82) is 0 Å². The Morgan fingerprint density at radius 2 is 1.87 bits per heavy atom. The first-order valence-corrected chi connectivity index (χ1v) is 5.04. The summed E-state index contributed by atoms with van der Waals surface area (Å²) in [6.45, 7) is 5.39. The minimum absolute atomic E-state index is 0.0535. The first-order chi connectivity index (χ1) is 6.86. The average Bonchev–Trinajstić information content (AvgIpc) is 2.15. The standard InChI is InChI=1S/C12H15F3/c1-4-9(3)10-6-5-8(2)7-11(10)12(13,14)15/h5-7,9H,4H2,1-3H3. The number of halogens is 3. The molecule has 1 unspecified atom stereocenters. The van der Waals surface area contributed by atoms with Crippen molar-refractivity contribution in [3.63, 3.8) is 0 Å². The smallest absolute Gasteiger partial charge is 0.166 e. The lowest BCUT2D eigenvalue weighted by Crippen LogP contribution is -2.11. The van der Waals surface area contributed by atoms with Gasteiger partial charge in [-0.05, 0) is 30.9 Å². The van der Waals surface area contributed by atoms with Gasteiger partial charge in [0.25, 0.3) is 0 Å². The lowest BCUT2D eigenvalue weighted by Gasteiger charge is -2.17. The summed E-state index contributed by atoms with van der Waals surface area (Å²) in [7, 11) is 0. The van der Waals surface area contributed by atoms with E-state index in [-0.39, 0.29) is 5.92 Å². The molecule has 0 heterocycles. The number of rotatable bonds is 2. The van der Waals surface area contributed by atoms with Crippen molar-refractivity contribution in [3.8, 4) is 0 Å². The van der Waals surface area contributed by atoms with Gasteiger partial charge < -0.3 is 0 Å². The maximum atomic E-state index is 12.7. The van der Waals surface area contributed by atoms with Gasteiger partial charge in [-0.2, -0.15) is 13.2 Å². The molecule has 1 aromatic carbocycles. The van der Waals surface area contributed by atoms with Gasteiger partial charge in [-0.1, -0.05) is 31.5 Å². The number of benzene rings is 1.